The smallest absolute Gasteiger partial charge is 0.290 e. The highest BCUT2D eigenvalue weighted by Crippen LogP contribution is 2.40. The minimum Gasteiger partial charge on any atom is -0.504 e. The lowest BCUT2D eigenvalue weighted by Gasteiger charge is -2.25. The van der Waals surface area contributed by atoms with E-state index in [2.05, 4.69) is 0 Å². The fourth-order valence-corrected chi connectivity index (χ4v) is 3.65. The van der Waals surface area contributed by atoms with E-state index in [1.807, 2.05) is 6.92 Å². The van der Waals surface area contributed by atoms with Crippen molar-refractivity contribution in [1.29, 1.82) is 0 Å². The van der Waals surface area contributed by atoms with Crippen LogP contribution in [0.4, 0.5) is 0 Å². The number of benzene rings is 2. The number of aromatic hydroxyl groups is 1. The van der Waals surface area contributed by atoms with E-state index < -0.39 is 6.04 Å². The average Bonchev–Trinajstić information content (AvgIpc) is 2.95. The number of carbonyl (C=O) groups is 1. The number of hydrogen-bond donors (Lipinski definition) is 1. The van der Waals surface area contributed by atoms with E-state index in [1.165, 1.54) is 13.2 Å². The quantitative estimate of drug-likeness (QED) is 0.766. The lowest BCUT2D eigenvalue weighted by atomic mass is 9.98. The van der Waals surface area contributed by atoms with Crippen molar-refractivity contribution in [2.75, 3.05) is 13.7 Å². The molecule has 1 aliphatic heterocycles. The van der Waals surface area contributed by atoms with Gasteiger partial charge in [0.1, 0.15) is 5.58 Å². The lowest BCUT2D eigenvalue weighted by Crippen LogP contribution is -2.30. The van der Waals surface area contributed by atoms with Crippen LogP contribution < -0.4 is 10.2 Å². The zero-order valence-electron chi connectivity index (χ0n) is 15.1. The maximum Gasteiger partial charge on any atom is 0.290 e. The van der Waals surface area contributed by atoms with Gasteiger partial charge in [-0.25, -0.2) is 0 Å². The Morgan fingerprint density at radius 2 is 1.96 bits per heavy atom. The summed E-state index contributed by atoms with van der Waals surface area (Å²) in [5.74, 6) is 0.0735. The normalized spacial score (nSPS) is 16.0. The molecule has 1 atom stereocenters. The summed E-state index contributed by atoms with van der Waals surface area (Å²) in [6, 6.07) is 11.2. The molecule has 1 N–H and O–H groups in total. The van der Waals surface area contributed by atoms with Gasteiger partial charge < -0.3 is 19.2 Å². The number of nitrogens with zero attached hydrogens (tertiary/aromatic N) is 1. The summed E-state index contributed by atoms with van der Waals surface area (Å²) in [5.41, 5.74) is 1.21. The van der Waals surface area contributed by atoms with E-state index in [4.69, 9.17) is 9.15 Å². The van der Waals surface area contributed by atoms with Crippen LogP contribution in [0.1, 0.15) is 41.1 Å². The summed E-state index contributed by atoms with van der Waals surface area (Å²) >= 11 is 0. The van der Waals surface area contributed by atoms with Crippen molar-refractivity contribution in [1.82, 2.24) is 4.90 Å². The third-order valence-corrected chi connectivity index (χ3v) is 4.86. The van der Waals surface area contributed by atoms with Gasteiger partial charge in [0.15, 0.2) is 16.9 Å². The molecule has 0 radical (unpaired) electrons. The van der Waals surface area contributed by atoms with Crippen LogP contribution >= 0.6 is 0 Å². The van der Waals surface area contributed by atoms with Crippen LogP contribution in [-0.4, -0.2) is 29.6 Å². The first-order valence-electron chi connectivity index (χ1n) is 8.80. The first-order valence-corrected chi connectivity index (χ1v) is 8.80. The summed E-state index contributed by atoms with van der Waals surface area (Å²) in [5, 5.41) is 10.3. The number of ether oxygens (including phenoxy) is 1. The highest BCUT2D eigenvalue weighted by molar-refractivity contribution is 5.99. The number of para-hydroxylation sites is 1. The average molecular weight is 365 g/mol. The van der Waals surface area contributed by atoms with Gasteiger partial charge in [0.05, 0.1) is 24.1 Å². The maximum atomic E-state index is 13.2. The molecule has 3 aromatic rings. The van der Waals surface area contributed by atoms with Gasteiger partial charge in [-0.05, 0) is 36.2 Å². The fraction of sp³-hybridized carbons (Fsp3) is 0.238. The molecule has 0 aliphatic carbocycles. The molecule has 6 heteroatoms. The Morgan fingerprint density at radius 3 is 2.70 bits per heavy atom. The van der Waals surface area contributed by atoms with Gasteiger partial charge >= 0.3 is 0 Å². The molecule has 0 saturated heterocycles. The molecule has 138 valence electrons. The molecule has 0 spiro atoms. The number of hydrogen-bond acceptors (Lipinski definition) is 5. The van der Waals surface area contributed by atoms with E-state index in [0.29, 0.717) is 28.6 Å². The monoisotopic (exact) mass is 365 g/mol. The minimum absolute atomic E-state index is 0.00150. The fourth-order valence-electron chi connectivity index (χ4n) is 3.65. The Bertz CT molecular complexity index is 1100. The van der Waals surface area contributed by atoms with E-state index in [0.717, 1.165) is 6.42 Å². The zero-order chi connectivity index (χ0) is 19.1. The van der Waals surface area contributed by atoms with Crippen LogP contribution in [0.2, 0.25) is 0 Å². The van der Waals surface area contributed by atoms with E-state index in [1.54, 1.807) is 41.3 Å². The Hall–Kier alpha value is -3.28. The molecule has 0 bridgehead atoms. The molecule has 0 saturated carbocycles. The second kappa shape index (κ2) is 6.46. The van der Waals surface area contributed by atoms with Crippen LogP contribution in [-0.2, 0) is 0 Å². The van der Waals surface area contributed by atoms with Crippen molar-refractivity contribution in [2.24, 2.45) is 0 Å². The van der Waals surface area contributed by atoms with Crippen molar-refractivity contribution in [3.05, 3.63) is 69.6 Å². The lowest BCUT2D eigenvalue weighted by molar-refractivity contribution is 0.0728. The van der Waals surface area contributed by atoms with Crippen LogP contribution in [0.3, 0.4) is 0 Å². The molecular weight excluding hydrogens is 346 g/mol. The van der Waals surface area contributed by atoms with Crippen molar-refractivity contribution in [2.45, 2.75) is 19.4 Å². The van der Waals surface area contributed by atoms with Crippen LogP contribution in [0.15, 0.2) is 51.7 Å². The highest BCUT2D eigenvalue weighted by Gasteiger charge is 2.42. The van der Waals surface area contributed by atoms with E-state index >= 15 is 0 Å². The molecular formula is C21H19NO5. The van der Waals surface area contributed by atoms with Crippen molar-refractivity contribution < 1.29 is 19.1 Å². The predicted molar refractivity (Wildman–Crippen MR) is 100 cm³/mol. The number of amides is 1. The molecule has 1 amide bonds. The van der Waals surface area contributed by atoms with Gasteiger partial charge in [0, 0.05) is 6.54 Å². The van der Waals surface area contributed by atoms with Gasteiger partial charge in [-0.2, -0.15) is 0 Å². The van der Waals surface area contributed by atoms with Crippen LogP contribution in [0.25, 0.3) is 11.0 Å². The van der Waals surface area contributed by atoms with E-state index in [9.17, 15) is 14.7 Å². The summed E-state index contributed by atoms with van der Waals surface area (Å²) < 4.78 is 11.0. The standard InChI is InChI=1S/C21H19NO5/c1-3-10-22-18(12-8-9-14(23)16(11-12)26-2)17-19(24)13-6-4-5-7-15(13)27-20(17)21(22)25/h4-9,11,18,23H,3,10H2,1-2H3/t18-/m1/s1. The third kappa shape index (κ3) is 2.56. The maximum absolute atomic E-state index is 13.2. The number of rotatable bonds is 4. The Labute approximate surface area is 155 Å². The summed E-state index contributed by atoms with van der Waals surface area (Å²) in [6.07, 6.45) is 0.735. The van der Waals surface area contributed by atoms with Gasteiger partial charge in [0.2, 0.25) is 5.76 Å². The first kappa shape index (κ1) is 17.1. The summed E-state index contributed by atoms with van der Waals surface area (Å²) in [7, 11) is 1.46. The molecule has 2 heterocycles. The third-order valence-electron chi connectivity index (χ3n) is 4.86. The number of fused-ring (bicyclic) bond motifs is 2. The number of phenols is 1. The van der Waals surface area contributed by atoms with Crippen molar-refractivity contribution in [3.63, 3.8) is 0 Å². The Kier molecular flexibility index (Phi) is 4.11. The zero-order valence-corrected chi connectivity index (χ0v) is 15.1. The van der Waals surface area contributed by atoms with Crippen LogP contribution in [0, 0.1) is 0 Å². The largest absolute Gasteiger partial charge is 0.504 e. The number of carbonyl (C=O) groups excluding carboxylic acids is 1. The summed E-state index contributed by atoms with van der Waals surface area (Å²) in [4.78, 5) is 27.8. The first-order chi connectivity index (χ1) is 13.1. The van der Waals surface area contributed by atoms with Gasteiger partial charge in [-0.3, -0.25) is 9.59 Å². The van der Waals surface area contributed by atoms with Crippen molar-refractivity contribution in [3.8, 4) is 11.5 Å². The Balaban J connectivity index is 2.00. The molecule has 4 rings (SSSR count). The van der Waals surface area contributed by atoms with Gasteiger partial charge in [-0.1, -0.05) is 25.1 Å². The molecule has 0 unspecified atom stereocenters. The van der Waals surface area contributed by atoms with Gasteiger partial charge in [0.25, 0.3) is 5.91 Å². The molecule has 6 nitrogen and oxygen atoms in total. The highest BCUT2D eigenvalue weighted by atomic mass is 16.5. The number of methoxy groups -OCH3 is 1. The SMILES string of the molecule is CCCN1C(=O)c2oc3ccccc3c(=O)c2[C@H]1c1ccc(O)c(OC)c1. The van der Waals surface area contributed by atoms with Crippen molar-refractivity contribution >= 4 is 16.9 Å². The Morgan fingerprint density at radius 1 is 1.19 bits per heavy atom. The molecule has 27 heavy (non-hydrogen) atoms. The minimum atomic E-state index is -0.581. The molecule has 2 aromatic carbocycles. The second-order valence-corrected chi connectivity index (χ2v) is 6.50. The van der Waals surface area contributed by atoms with E-state index in [-0.39, 0.29) is 28.6 Å². The van der Waals surface area contributed by atoms with Crippen LogP contribution in [0.5, 0.6) is 11.5 Å². The topological polar surface area (TPSA) is 80.0 Å². The van der Waals surface area contributed by atoms with Gasteiger partial charge in [-0.15, -0.1) is 0 Å². The second-order valence-electron chi connectivity index (χ2n) is 6.50. The predicted octanol–water partition coefficient (Wildman–Crippen LogP) is 3.46. The molecule has 1 aliphatic rings. The molecule has 1 aromatic heterocycles. The summed E-state index contributed by atoms with van der Waals surface area (Å²) in [6.45, 7) is 2.45. The number of phenolic OH excluding ortho intramolecular Hbond substituents is 1. The molecule has 0 fully saturated rings.